The zero-order valence-corrected chi connectivity index (χ0v) is 12.0. The third kappa shape index (κ3) is 3.47. The molecule has 2 rings (SSSR count). The Morgan fingerprint density at radius 2 is 2.19 bits per heavy atom. The number of aryl methyl sites for hydroxylation is 2. The summed E-state index contributed by atoms with van der Waals surface area (Å²) in [5.41, 5.74) is 0.958. The van der Waals surface area contributed by atoms with Crippen molar-refractivity contribution in [3.63, 3.8) is 0 Å². The second-order valence-corrected chi connectivity index (χ2v) is 4.76. The number of nitrogens with zero attached hydrogens (tertiary/aromatic N) is 3. The molecule has 0 spiro atoms. The number of furan rings is 1. The largest absolute Gasteiger partial charge is 0.480 e. The third-order valence-electron chi connectivity index (χ3n) is 2.96. The zero-order chi connectivity index (χ0) is 15.6. The summed E-state index contributed by atoms with van der Waals surface area (Å²) in [6, 6.07) is 1.61. The first-order valence-corrected chi connectivity index (χ1v) is 6.36. The maximum absolute atomic E-state index is 12.0. The Morgan fingerprint density at radius 3 is 2.76 bits per heavy atom. The number of rotatable bonds is 5. The van der Waals surface area contributed by atoms with E-state index in [2.05, 4.69) is 15.6 Å². The van der Waals surface area contributed by atoms with Crippen LogP contribution in [0, 0.1) is 13.8 Å². The Morgan fingerprint density at radius 1 is 1.48 bits per heavy atom. The summed E-state index contributed by atoms with van der Waals surface area (Å²) in [6.45, 7) is 5.16. The summed E-state index contributed by atoms with van der Waals surface area (Å²) in [7, 11) is 0. The Labute approximate surface area is 120 Å². The molecule has 112 valence electrons. The van der Waals surface area contributed by atoms with E-state index in [0.29, 0.717) is 0 Å². The fourth-order valence-electron chi connectivity index (χ4n) is 2.05. The predicted molar refractivity (Wildman–Crippen MR) is 71.7 cm³/mol. The van der Waals surface area contributed by atoms with Crippen LogP contribution in [0.15, 0.2) is 16.7 Å². The molecule has 2 aromatic heterocycles. The van der Waals surface area contributed by atoms with Gasteiger partial charge in [-0.15, -0.1) is 5.10 Å². The molecule has 0 fully saturated rings. The molecule has 2 N–H and O–H groups in total. The lowest BCUT2D eigenvalue weighted by Crippen LogP contribution is -2.27. The van der Waals surface area contributed by atoms with Gasteiger partial charge in [-0.1, -0.05) is 5.21 Å². The van der Waals surface area contributed by atoms with E-state index in [4.69, 9.17) is 9.52 Å². The first kappa shape index (κ1) is 14.8. The van der Waals surface area contributed by atoms with Crippen LogP contribution < -0.4 is 5.32 Å². The highest BCUT2D eigenvalue weighted by molar-refractivity contribution is 5.92. The van der Waals surface area contributed by atoms with Crippen molar-refractivity contribution < 1.29 is 19.1 Å². The molecule has 8 nitrogen and oxygen atoms in total. The molecule has 1 amide bonds. The SMILES string of the molecule is Cc1cc(C(C)NC(=O)c2cn(CC(=O)O)nn2)c(C)o1. The van der Waals surface area contributed by atoms with Crippen LogP contribution in [0.5, 0.6) is 0 Å². The van der Waals surface area contributed by atoms with Crippen molar-refractivity contribution in [3.8, 4) is 0 Å². The normalized spacial score (nSPS) is 12.1. The highest BCUT2D eigenvalue weighted by Crippen LogP contribution is 2.21. The van der Waals surface area contributed by atoms with Crippen LogP contribution in [-0.4, -0.2) is 32.0 Å². The van der Waals surface area contributed by atoms with E-state index in [1.807, 2.05) is 26.8 Å². The third-order valence-corrected chi connectivity index (χ3v) is 2.96. The number of nitrogens with one attached hydrogen (secondary N) is 1. The topological polar surface area (TPSA) is 110 Å². The lowest BCUT2D eigenvalue weighted by Gasteiger charge is -2.11. The number of carboxylic acid groups (broad SMARTS) is 1. The average molecular weight is 292 g/mol. The van der Waals surface area contributed by atoms with Gasteiger partial charge >= 0.3 is 5.97 Å². The van der Waals surface area contributed by atoms with E-state index < -0.39 is 11.9 Å². The predicted octanol–water partition coefficient (Wildman–Crippen LogP) is 1.06. The van der Waals surface area contributed by atoms with E-state index in [0.717, 1.165) is 21.8 Å². The maximum atomic E-state index is 12.0. The highest BCUT2D eigenvalue weighted by Gasteiger charge is 2.18. The van der Waals surface area contributed by atoms with Gasteiger partial charge in [0.2, 0.25) is 0 Å². The summed E-state index contributed by atoms with van der Waals surface area (Å²) in [5, 5.41) is 18.7. The minimum absolute atomic E-state index is 0.0703. The van der Waals surface area contributed by atoms with Crippen LogP contribution >= 0.6 is 0 Å². The van der Waals surface area contributed by atoms with Crippen LogP contribution in [0.1, 0.15) is 40.5 Å². The van der Waals surface area contributed by atoms with Gasteiger partial charge in [0.1, 0.15) is 18.1 Å². The average Bonchev–Trinajstić information content (AvgIpc) is 2.95. The van der Waals surface area contributed by atoms with Crippen molar-refractivity contribution in [3.05, 3.63) is 35.0 Å². The number of aromatic nitrogens is 3. The fraction of sp³-hybridized carbons (Fsp3) is 0.385. The van der Waals surface area contributed by atoms with E-state index in [1.54, 1.807) is 0 Å². The van der Waals surface area contributed by atoms with Crippen LogP contribution in [0.25, 0.3) is 0 Å². The Kier molecular flexibility index (Phi) is 4.06. The van der Waals surface area contributed by atoms with Gasteiger partial charge in [-0.2, -0.15) is 0 Å². The number of carboxylic acids is 1. The number of hydrogen-bond acceptors (Lipinski definition) is 5. The monoisotopic (exact) mass is 292 g/mol. The van der Waals surface area contributed by atoms with Crippen molar-refractivity contribution in [2.45, 2.75) is 33.4 Å². The molecule has 0 aliphatic rings. The van der Waals surface area contributed by atoms with Gasteiger partial charge < -0.3 is 14.8 Å². The van der Waals surface area contributed by atoms with Crippen molar-refractivity contribution in [1.29, 1.82) is 0 Å². The van der Waals surface area contributed by atoms with Gasteiger partial charge in [-0.05, 0) is 26.8 Å². The van der Waals surface area contributed by atoms with Gasteiger partial charge in [-0.25, -0.2) is 4.68 Å². The first-order chi connectivity index (χ1) is 9.86. The standard InChI is InChI=1S/C13H16N4O4/c1-7-4-10(9(3)21-7)8(2)14-13(20)11-5-17(16-15-11)6-12(18)19/h4-5,8H,6H2,1-3H3,(H,14,20)(H,18,19). The number of carbonyl (C=O) groups excluding carboxylic acids is 1. The molecule has 0 saturated heterocycles. The second-order valence-electron chi connectivity index (χ2n) is 4.76. The Balaban J connectivity index is 2.05. The number of hydrogen-bond donors (Lipinski definition) is 2. The van der Waals surface area contributed by atoms with Crippen molar-refractivity contribution in [2.75, 3.05) is 0 Å². The van der Waals surface area contributed by atoms with Gasteiger partial charge in [0.25, 0.3) is 5.91 Å². The van der Waals surface area contributed by atoms with E-state index in [1.165, 1.54) is 6.20 Å². The van der Waals surface area contributed by atoms with Crippen LogP contribution in [0.3, 0.4) is 0 Å². The number of carbonyl (C=O) groups is 2. The highest BCUT2D eigenvalue weighted by atomic mass is 16.4. The van der Waals surface area contributed by atoms with Gasteiger partial charge in [0, 0.05) is 5.56 Å². The number of aliphatic carboxylic acids is 1. The molecule has 8 heteroatoms. The summed E-state index contributed by atoms with van der Waals surface area (Å²) in [4.78, 5) is 22.6. The van der Waals surface area contributed by atoms with Crippen molar-refractivity contribution >= 4 is 11.9 Å². The summed E-state index contributed by atoms with van der Waals surface area (Å²) < 4.78 is 6.51. The van der Waals surface area contributed by atoms with Crippen LogP contribution in [0.2, 0.25) is 0 Å². The minimum Gasteiger partial charge on any atom is -0.480 e. The maximum Gasteiger partial charge on any atom is 0.325 e. The summed E-state index contributed by atoms with van der Waals surface area (Å²) in [6.07, 6.45) is 1.30. The quantitative estimate of drug-likeness (QED) is 0.852. The lowest BCUT2D eigenvalue weighted by molar-refractivity contribution is -0.137. The zero-order valence-electron chi connectivity index (χ0n) is 12.0. The molecule has 0 bridgehead atoms. The van der Waals surface area contributed by atoms with Gasteiger partial charge in [0.05, 0.1) is 12.2 Å². The van der Waals surface area contributed by atoms with Crippen LogP contribution in [0.4, 0.5) is 0 Å². The molecule has 0 aliphatic carbocycles. The Hall–Kier alpha value is -2.64. The molecular weight excluding hydrogens is 276 g/mol. The minimum atomic E-state index is -1.05. The lowest BCUT2D eigenvalue weighted by atomic mass is 10.1. The van der Waals surface area contributed by atoms with Gasteiger partial charge in [-0.3, -0.25) is 9.59 Å². The molecule has 2 heterocycles. The molecule has 0 saturated carbocycles. The van der Waals surface area contributed by atoms with Crippen molar-refractivity contribution in [1.82, 2.24) is 20.3 Å². The number of amides is 1. The molecule has 2 aromatic rings. The molecule has 0 radical (unpaired) electrons. The molecule has 1 atom stereocenters. The Bertz CT molecular complexity index is 674. The van der Waals surface area contributed by atoms with E-state index >= 15 is 0 Å². The molecule has 21 heavy (non-hydrogen) atoms. The van der Waals surface area contributed by atoms with Gasteiger partial charge in [0.15, 0.2) is 5.69 Å². The molecule has 0 aromatic carbocycles. The molecular formula is C13H16N4O4. The summed E-state index contributed by atoms with van der Waals surface area (Å²) in [5.74, 6) is 0.0490. The fourth-order valence-corrected chi connectivity index (χ4v) is 2.05. The smallest absolute Gasteiger partial charge is 0.325 e. The summed E-state index contributed by atoms with van der Waals surface area (Å²) >= 11 is 0. The molecule has 1 unspecified atom stereocenters. The second kappa shape index (κ2) is 5.78. The first-order valence-electron chi connectivity index (χ1n) is 6.36. The van der Waals surface area contributed by atoms with E-state index in [-0.39, 0.29) is 18.3 Å². The molecule has 0 aliphatic heterocycles. The van der Waals surface area contributed by atoms with Crippen LogP contribution in [-0.2, 0) is 11.3 Å². The van der Waals surface area contributed by atoms with Crippen molar-refractivity contribution in [2.24, 2.45) is 0 Å². The van der Waals surface area contributed by atoms with E-state index in [9.17, 15) is 9.59 Å².